The zero-order chi connectivity index (χ0) is 18.4. The molecule has 1 aliphatic carbocycles. The van der Waals surface area contributed by atoms with Crippen LogP contribution in [0.1, 0.15) is 51.4 Å². The number of anilines is 1. The minimum absolute atomic E-state index is 0.000346. The minimum Gasteiger partial charge on any atom is -0.497 e. The number of carboxylic acids is 1. The summed E-state index contributed by atoms with van der Waals surface area (Å²) in [5.74, 6) is 0.809. The van der Waals surface area contributed by atoms with Gasteiger partial charge in [-0.15, -0.1) is 0 Å². The number of hydrazine groups is 1. The molecule has 5 heteroatoms. The second-order valence-electron chi connectivity index (χ2n) is 7.42. The number of unbranched alkanes of at least 4 members (excludes halogenated alkanes) is 1. The molecule has 1 saturated heterocycles. The van der Waals surface area contributed by atoms with Crippen molar-refractivity contribution < 1.29 is 14.6 Å². The molecule has 3 rings (SSSR count). The van der Waals surface area contributed by atoms with Gasteiger partial charge in [-0.1, -0.05) is 25.0 Å². The smallest absolute Gasteiger partial charge is 0.303 e. The Bertz CT molecular complexity index is 623. The Balaban J connectivity index is 1.68. The third-order valence-electron chi connectivity index (χ3n) is 5.74. The third-order valence-corrected chi connectivity index (χ3v) is 5.74. The molecule has 0 bridgehead atoms. The summed E-state index contributed by atoms with van der Waals surface area (Å²) >= 11 is 0. The van der Waals surface area contributed by atoms with E-state index in [0.29, 0.717) is 12.3 Å². The average molecular weight is 358 g/mol. The lowest BCUT2D eigenvalue weighted by molar-refractivity contribution is -0.137. The summed E-state index contributed by atoms with van der Waals surface area (Å²) in [6.45, 7) is 0.974. The highest BCUT2D eigenvalue weighted by atomic mass is 16.5. The number of carboxylic acid groups (broad SMARTS) is 1. The molecule has 0 aromatic heterocycles. The SMILES string of the molecule is COc1ccc(N2CCC(/C=C/CCCC(=O)O)(C3CCCC3)N2)cc1. The molecule has 142 valence electrons. The molecule has 1 saturated carbocycles. The fraction of sp³-hybridized carbons (Fsp3) is 0.571. The maximum Gasteiger partial charge on any atom is 0.303 e. The van der Waals surface area contributed by atoms with Crippen molar-refractivity contribution in [2.45, 2.75) is 56.9 Å². The van der Waals surface area contributed by atoms with E-state index in [1.165, 1.54) is 25.7 Å². The first kappa shape index (κ1) is 18.8. The predicted molar refractivity (Wildman–Crippen MR) is 103 cm³/mol. The Morgan fingerprint density at radius 2 is 2.08 bits per heavy atom. The van der Waals surface area contributed by atoms with E-state index in [-0.39, 0.29) is 12.0 Å². The summed E-state index contributed by atoms with van der Waals surface area (Å²) in [6.07, 6.45) is 12.5. The second kappa shape index (κ2) is 8.58. The first-order chi connectivity index (χ1) is 12.6. The summed E-state index contributed by atoms with van der Waals surface area (Å²) in [6, 6.07) is 8.17. The van der Waals surface area contributed by atoms with Crippen LogP contribution in [0.3, 0.4) is 0 Å². The lowest BCUT2D eigenvalue weighted by Gasteiger charge is -2.34. The van der Waals surface area contributed by atoms with Crippen LogP contribution < -0.4 is 15.2 Å². The fourth-order valence-corrected chi connectivity index (χ4v) is 4.27. The van der Waals surface area contributed by atoms with Gasteiger partial charge < -0.3 is 14.9 Å². The number of rotatable bonds is 8. The predicted octanol–water partition coefficient (Wildman–Crippen LogP) is 4.15. The normalized spacial score (nSPS) is 23.8. The number of allylic oxidation sites excluding steroid dienone is 1. The second-order valence-corrected chi connectivity index (χ2v) is 7.42. The number of nitrogens with one attached hydrogen (secondary N) is 1. The van der Waals surface area contributed by atoms with Gasteiger partial charge in [0.2, 0.25) is 0 Å². The summed E-state index contributed by atoms with van der Waals surface area (Å²) in [4.78, 5) is 10.7. The van der Waals surface area contributed by atoms with Gasteiger partial charge in [0, 0.05) is 13.0 Å². The van der Waals surface area contributed by atoms with Crippen molar-refractivity contribution in [2.75, 3.05) is 18.7 Å². The van der Waals surface area contributed by atoms with Crippen molar-refractivity contribution >= 4 is 11.7 Å². The molecule has 0 amide bonds. The van der Waals surface area contributed by atoms with Crippen molar-refractivity contribution in [3.05, 3.63) is 36.4 Å². The van der Waals surface area contributed by atoms with Crippen molar-refractivity contribution in [2.24, 2.45) is 5.92 Å². The van der Waals surface area contributed by atoms with Gasteiger partial charge in [0.05, 0.1) is 18.3 Å². The molecule has 2 aliphatic rings. The quantitative estimate of drug-likeness (QED) is 0.540. The van der Waals surface area contributed by atoms with E-state index in [0.717, 1.165) is 30.8 Å². The molecule has 2 N–H and O–H groups in total. The average Bonchev–Trinajstić information content (AvgIpc) is 3.32. The highest BCUT2D eigenvalue weighted by Crippen LogP contribution is 2.40. The van der Waals surface area contributed by atoms with E-state index in [4.69, 9.17) is 9.84 Å². The van der Waals surface area contributed by atoms with Crippen LogP contribution in [-0.2, 0) is 4.79 Å². The van der Waals surface area contributed by atoms with Crippen molar-refractivity contribution in [3.63, 3.8) is 0 Å². The topological polar surface area (TPSA) is 61.8 Å². The van der Waals surface area contributed by atoms with Crippen LogP contribution >= 0.6 is 0 Å². The molecule has 1 heterocycles. The zero-order valence-electron chi connectivity index (χ0n) is 15.6. The Hall–Kier alpha value is -2.01. The molecule has 5 nitrogen and oxygen atoms in total. The summed E-state index contributed by atoms with van der Waals surface area (Å²) in [7, 11) is 1.68. The van der Waals surface area contributed by atoms with Crippen LogP contribution in [0.25, 0.3) is 0 Å². The third kappa shape index (κ3) is 4.39. The van der Waals surface area contributed by atoms with Crippen LogP contribution in [0, 0.1) is 5.92 Å². The fourth-order valence-electron chi connectivity index (χ4n) is 4.27. The zero-order valence-corrected chi connectivity index (χ0v) is 15.6. The summed E-state index contributed by atoms with van der Waals surface area (Å²) in [5, 5.41) is 11.0. The highest BCUT2D eigenvalue weighted by molar-refractivity contribution is 5.66. The number of aliphatic carboxylic acids is 1. The number of benzene rings is 1. The molecular weight excluding hydrogens is 328 g/mol. The molecule has 26 heavy (non-hydrogen) atoms. The van der Waals surface area contributed by atoms with E-state index >= 15 is 0 Å². The van der Waals surface area contributed by atoms with Gasteiger partial charge in [0.15, 0.2) is 0 Å². The minimum atomic E-state index is -0.714. The number of carbonyl (C=O) groups is 1. The van der Waals surface area contributed by atoms with Crippen LogP contribution in [0.5, 0.6) is 5.75 Å². The standard InChI is InChI=1S/C21H30N2O3/c1-26-19-12-10-18(11-13-19)23-16-15-21(22-23,17-7-4-5-8-17)14-6-2-3-9-20(24)25/h6,10-14,17,22H,2-5,7-9,15-16H2,1H3,(H,24,25)/b14-6+. The molecule has 1 aromatic carbocycles. The molecule has 1 aliphatic heterocycles. The van der Waals surface area contributed by atoms with Gasteiger partial charge in [-0.25, -0.2) is 5.43 Å². The van der Waals surface area contributed by atoms with E-state index in [9.17, 15) is 4.79 Å². The van der Waals surface area contributed by atoms with Gasteiger partial charge in [0.1, 0.15) is 5.75 Å². The summed E-state index contributed by atoms with van der Waals surface area (Å²) < 4.78 is 5.26. The number of nitrogens with zero attached hydrogens (tertiary/aromatic N) is 1. The van der Waals surface area contributed by atoms with Gasteiger partial charge in [0.25, 0.3) is 0 Å². The van der Waals surface area contributed by atoms with Crippen LogP contribution in [0.4, 0.5) is 5.69 Å². The van der Waals surface area contributed by atoms with Gasteiger partial charge in [-0.3, -0.25) is 4.79 Å². The lowest BCUT2D eigenvalue weighted by Crippen LogP contribution is -2.49. The Morgan fingerprint density at radius 1 is 1.35 bits per heavy atom. The monoisotopic (exact) mass is 358 g/mol. The van der Waals surface area contributed by atoms with Crippen molar-refractivity contribution in [1.82, 2.24) is 5.43 Å². The molecule has 1 aromatic rings. The molecule has 0 spiro atoms. The van der Waals surface area contributed by atoms with Crippen molar-refractivity contribution in [1.29, 1.82) is 0 Å². The van der Waals surface area contributed by atoms with E-state index in [1.807, 2.05) is 12.1 Å². The van der Waals surface area contributed by atoms with E-state index in [1.54, 1.807) is 7.11 Å². The lowest BCUT2D eigenvalue weighted by atomic mass is 9.81. The molecular formula is C21H30N2O3. The maximum atomic E-state index is 10.7. The molecule has 2 fully saturated rings. The number of hydrogen-bond acceptors (Lipinski definition) is 4. The van der Waals surface area contributed by atoms with Crippen LogP contribution in [-0.4, -0.2) is 30.3 Å². The van der Waals surface area contributed by atoms with Crippen LogP contribution in [0.15, 0.2) is 36.4 Å². The molecule has 1 unspecified atom stereocenters. The van der Waals surface area contributed by atoms with Gasteiger partial charge >= 0.3 is 5.97 Å². The first-order valence-electron chi connectivity index (χ1n) is 9.72. The first-order valence-corrected chi connectivity index (χ1v) is 9.72. The maximum absolute atomic E-state index is 10.7. The number of ether oxygens (including phenoxy) is 1. The van der Waals surface area contributed by atoms with Crippen molar-refractivity contribution in [3.8, 4) is 5.75 Å². The largest absolute Gasteiger partial charge is 0.497 e. The Labute approximate surface area is 156 Å². The highest BCUT2D eigenvalue weighted by Gasteiger charge is 2.43. The van der Waals surface area contributed by atoms with Crippen LogP contribution in [0.2, 0.25) is 0 Å². The summed E-state index contributed by atoms with van der Waals surface area (Å²) in [5.41, 5.74) is 4.95. The Morgan fingerprint density at radius 3 is 2.73 bits per heavy atom. The molecule has 1 atom stereocenters. The van der Waals surface area contributed by atoms with Gasteiger partial charge in [-0.2, -0.15) is 0 Å². The Kier molecular flexibility index (Phi) is 6.20. The molecule has 0 radical (unpaired) electrons. The number of methoxy groups -OCH3 is 1. The van der Waals surface area contributed by atoms with Gasteiger partial charge in [-0.05, 0) is 62.3 Å². The van der Waals surface area contributed by atoms with E-state index < -0.39 is 5.97 Å². The van der Waals surface area contributed by atoms with E-state index in [2.05, 4.69) is 34.7 Å². The number of hydrogen-bond donors (Lipinski definition) is 2.